The molecule has 0 bridgehead atoms. The second-order valence-electron chi connectivity index (χ2n) is 4.72. The summed E-state index contributed by atoms with van der Waals surface area (Å²) in [6, 6.07) is 4.06. The fraction of sp³-hybridized carbons (Fsp3) is 0.538. The summed E-state index contributed by atoms with van der Waals surface area (Å²) in [5.41, 5.74) is 3.48. The third-order valence-electron chi connectivity index (χ3n) is 3.59. The van der Waals surface area contributed by atoms with Crippen LogP contribution < -0.4 is 10.2 Å². The smallest absolute Gasteiger partial charge is 0.139 e. The van der Waals surface area contributed by atoms with Gasteiger partial charge < -0.3 is 15.3 Å². The summed E-state index contributed by atoms with van der Waals surface area (Å²) in [7, 11) is 0. The Morgan fingerprint density at radius 3 is 2.75 bits per heavy atom. The molecule has 3 rings (SSSR count). The lowest BCUT2D eigenvalue weighted by atomic mass is 10.0. The van der Waals surface area contributed by atoms with E-state index in [0.29, 0.717) is 5.75 Å². The van der Waals surface area contributed by atoms with Crippen LogP contribution in [-0.2, 0) is 6.42 Å². The molecule has 0 unspecified atom stereocenters. The van der Waals surface area contributed by atoms with Gasteiger partial charge in [-0.3, -0.25) is 0 Å². The summed E-state index contributed by atoms with van der Waals surface area (Å²) in [5, 5.41) is 13.5. The highest BCUT2D eigenvalue weighted by Gasteiger charge is 2.19. The van der Waals surface area contributed by atoms with Crippen LogP contribution in [0.3, 0.4) is 0 Å². The summed E-state index contributed by atoms with van der Waals surface area (Å²) >= 11 is 0. The van der Waals surface area contributed by atoms with Gasteiger partial charge in [-0.2, -0.15) is 0 Å². The molecule has 1 saturated heterocycles. The van der Waals surface area contributed by atoms with Crippen molar-refractivity contribution in [2.45, 2.75) is 25.7 Å². The predicted octanol–water partition coefficient (Wildman–Crippen LogP) is 2.35. The first-order chi connectivity index (χ1) is 7.84. The van der Waals surface area contributed by atoms with Crippen LogP contribution in [0.2, 0.25) is 0 Å². The van der Waals surface area contributed by atoms with Crippen molar-refractivity contribution in [3.63, 3.8) is 0 Å². The highest BCUT2D eigenvalue weighted by molar-refractivity contribution is 5.70. The van der Waals surface area contributed by atoms with Gasteiger partial charge in [0.25, 0.3) is 0 Å². The number of anilines is 2. The van der Waals surface area contributed by atoms with Crippen LogP contribution in [-0.4, -0.2) is 24.7 Å². The fourth-order valence-corrected chi connectivity index (χ4v) is 2.70. The highest BCUT2D eigenvalue weighted by atomic mass is 16.3. The lowest BCUT2D eigenvalue weighted by Crippen LogP contribution is -2.19. The van der Waals surface area contributed by atoms with Crippen molar-refractivity contribution in [3.05, 3.63) is 17.7 Å². The molecule has 1 aromatic rings. The van der Waals surface area contributed by atoms with Crippen molar-refractivity contribution in [3.8, 4) is 5.75 Å². The van der Waals surface area contributed by atoms with Gasteiger partial charge in [0.05, 0.1) is 5.69 Å². The van der Waals surface area contributed by atoms with E-state index < -0.39 is 0 Å². The molecule has 86 valence electrons. The average molecular weight is 218 g/mol. The maximum atomic E-state index is 10.1. The molecule has 3 heteroatoms. The maximum absolute atomic E-state index is 10.1. The Morgan fingerprint density at radius 2 is 1.94 bits per heavy atom. The van der Waals surface area contributed by atoms with Crippen molar-refractivity contribution in [1.82, 2.24) is 0 Å². The van der Waals surface area contributed by atoms with Crippen LogP contribution in [0.25, 0.3) is 0 Å². The Morgan fingerprint density at radius 1 is 1.12 bits per heavy atom. The molecule has 2 N–H and O–H groups in total. The number of nitrogens with zero attached hydrogens (tertiary/aromatic N) is 1. The number of benzene rings is 1. The van der Waals surface area contributed by atoms with E-state index in [1.807, 2.05) is 6.07 Å². The number of fused-ring (bicyclic) bond motifs is 1. The minimum absolute atomic E-state index is 0.448. The Balaban J connectivity index is 1.98. The lowest BCUT2D eigenvalue weighted by molar-refractivity contribution is 0.474. The van der Waals surface area contributed by atoms with Crippen LogP contribution in [0.15, 0.2) is 12.1 Å². The van der Waals surface area contributed by atoms with Crippen LogP contribution in [0.4, 0.5) is 11.4 Å². The minimum Gasteiger partial charge on any atom is -0.506 e. The topological polar surface area (TPSA) is 35.5 Å². The first kappa shape index (κ1) is 9.82. The zero-order chi connectivity index (χ0) is 11.0. The van der Waals surface area contributed by atoms with Crippen molar-refractivity contribution in [2.24, 2.45) is 0 Å². The molecule has 0 spiro atoms. The van der Waals surface area contributed by atoms with E-state index in [4.69, 9.17) is 0 Å². The van der Waals surface area contributed by atoms with Gasteiger partial charge in [0.15, 0.2) is 0 Å². The van der Waals surface area contributed by atoms with Gasteiger partial charge in [0, 0.05) is 25.3 Å². The van der Waals surface area contributed by atoms with Gasteiger partial charge >= 0.3 is 0 Å². The number of nitrogens with one attached hydrogen (secondary N) is 1. The largest absolute Gasteiger partial charge is 0.506 e. The first-order valence-corrected chi connectivity index (χ1v) is 6.19. The summed E-state index contributed by atoms with van der Waals surface area (Å²) in [6.07, 6.45) is 4.72. The fourth-order valence-electron chi connectivity index (χ4n) is 2.70. The number of hydrogen-bond acceptors (Lipinski definition) is 3. The standard InChI is InChI=1S/C13H18N2O/c16-13-8-10-4-3-5-14-11(10)9-12(13)15-6-1-2-7-15/h8-9,14,16H,1-7H2. The number of aryl methyl sites for hydroxylation is 1. The van der Waals surface area contributed by atoms with Gasteiger partial charge in [0.2, 0.25) is 0 Å². The molecule has 0 aromatic heterocycles. The molecule has 1 fully saturated rings. The van der Waals surface area contributed by atoms with E-state index in [1.54, 1.807) is 0 Å². The van der Waals surface area contributed by atoms with Crippen LogP contribution in [0.1, 0.15) is 24.8 Å². The van der Waals surface area contributed by atoms with Crippen molar-refractivity contribution in [1.29, 1.82) is 0 Å². The number of phenolic OH excluding ortho intramolecular Hbond substituents is 1. The number of aromatic hydroxyl groups is 1. The van der Waals surface area contributed by atoms with E-state index in [9.17, 15) is 5.11 Å². The quantitative estimate of drug-likeness (QED) is 0.710. The molecule has 0 atom stereocenters. The molecule has 3 nitrogen and oxygen atoms in total. The van der Waals surface area contributed by atoms with E-state index >= 15 is 0 Å². The van der Waals surface area contributed by atoms with E-state index in [2.05, 4.69) is 16.3 Å². The molecule has 0 saturated carbocycles. The molecular weight excluding hydrogens is 200 g/mol. The van der Waals surface area contributed by atoms with E-state index in [1.165, 1.54) is 24.1 Å². The van der Waals surface area contributed by atoms with Crippen molar-refractivity contribution < 1.29 is 5.11 Å². The first-order valence-electron chi connectivity index (χ1n) is 6.19. The minimum atomic E-state index is 0.448. The lowest BCUT2D eigenvalue weighted by Gasteiger charge is -2.24. The summed E-state index contributed by atoms with van der Waals surface area (Å²) in [4.78, 5) is 2.28. The van der Waals surface area contributed by atoms with Gasteiger partial charge in [-0.15, -0.1) is 0 Å². The van der Waals surface area contributed by atoms with Gasteiger partial charge in [-0.25, -0.2) is 0 Å². The summed E-state index contributed by atoms with van der Waals surface area (Å²) in [5.74, 6) is 0.448. The second-order valence-corrected chi connectivity index (χ2v) is 4.72. The Labute approximate surface area is 96.1 Å². The highest BCUT2D eigenvalue weighted by Crippen LogP contribution is 2.36. The number of rotatable bonds is 1. The predicted molar refractivity (Wildman–Crippen MR) is 66.4 cm³/mol. The zero-order valence-electron chi connectivity index (χ0n) is 9.50. The second kappa shape index (κ2) is 3.89. The molecule has 2 heterocycles. The molecule has 0 radical (unpaired) electrons. The van der Waals surface area contributed by atoms with Crippen molar-refractivity contribution >= 4 is 11.4 Å². The molecular formula is C13H18N2O. The summed E-state index contributed by atoms with van der Waals surface area (Å²) < 4.78 is 0. The average Bonchev–Trinajstić information content (AvgIpc) is 2.81. The third kappa shape index (κ3) is 1.60. The van der Waals surface area contributed by atoms with E-state index in [0.717, 1.165) is 38.2 Å². The molecule has 2 aliphatic heterocycles. The molecule has 0 aliphatic carbocycles. The Kier molecular flexibility index (Phi) is 2.39. The van der Waals surface area contributed by atoms with Crippen molar-refractivity contribution in [2.75, 3.05) is 29.9 Å². The van der Waals surface area contributed by atoms with Gasteiger partial charge in [-0.1, -0.05) is 0 Å². The maximum Gasteiger partial charge on any atom is 0.139 e. The molecule has 16 heavy (non-hydrogen) atoms. The normalized spacial score (nSPS) is 19.4. The summed E-state index contributed by atoms with van der Waals surface area (Å²) in [6.45, 7) is 3.20. The molecule has 2 aliphatic rings. The third-order valence-corrected chi connectivity index (χ3v) is 3.59. The van der Waals surface area contributed by atoms with Gasteiger partial charge in [-0.05, 0) is 43.4 Å². The zero-order valence-corrected chi connectivity index (χ0v) is 9.50. The Bertz CT molecular complexity index is 397. The van der Waals surface area contributed by atoms with E-state index in [-0.39, 0.29) is 0 Å². The van der Waals surface area contributed by atoms with Gasteiger partial charge in [0.1, 0.15) is 5.75 Å². The monoisotopic (exact) mass is 218 g/mol. The molecule has 0 amide bonds. The number of hydrogen-bond donors (Lipinski definition) is 2. The SMILES string of the molecule is Oc1cc2c(cc1N1CCCC1)NCCC2. The molecule has 1 aromatic carbocycles. The van der Waals surface area contributed by atoms with Crippen LogP contribution in [0, 0.1) is 0 Å². The van der Waals surface area contributed by atoms with Crippen LogP contribution >= 0.6 is 0 Å². The number of phenols is 1. The Hall–Kier alpha value is -1.38. The van der Waals surface area contributed by atoms with Crippen LogP contribution in [0.5, 0.6) is 5.75 Å².